The number of rotatable bonds is 5. The molecule has 0 aliphatic carbocycles. The van der Waals surface area contributed by atoms with E-state index in [9.17, 15) is 0 Å². The fraction of sp³-hybridized carbons (Fsp3) is 0.250. The molecule has 0 bridgehead atoms. The van der Waals surface area contributed by atoms with E-state index in [1.807, 2.05) is 12.1 Å². The zero-order valence-electron chi connectivity index (χ0n) is 11.4. The number of methoxy groups -OCH3 is 2. The van der Waals surface area contributed by atoms with Crippen LogP contribution in [0, 0.1) is 7.14 Å². The summed E-state index contributed by atoms with van der Waals surface area (Å²) in [6.45, 7) is 2.15. The number of hydrogen-bond acceptors (Lipinski definition) is 2. The van der Waals surface area contributed by atoms with Crippen molar-refractivity contribution in [2.24, 2.45) is 0 Å². The second-order valence-corrected chi connectivity index (χ2v) is 7.09. The molecule has 0 amide bonds. The molecule has 0 atom stereocenters. The molecule has 19 heavy (non-hydrogen) atoms. The van der Waals surface area contributed by atoms with E-state index in [1.54, 1.807) is 14.2 Å². The number of halogens is 1. The lowest BCUT2D eigenvalue weighted by atomic mass is 10.1. The van der Waals surface area contributed by atoms with Crippen LogP contribution in [0.5, 0.6) is 11.5 Å². The monoisotopic (exact) mass is 369 g/mol. The normalized spacial score (nSPS) is 10.3. The lowest BCUT2D eigenvalue weighted by Gasteiger charge is -2.04. The second-order valence-electron chi connectivity index (χ2n) is 4.06. The predicted molar refractivity (Wildman–Crippen MR) is 72.8 cm³/mol. The topological polar surface area (TPSA) is 18.5 Å². The Kier molecular flexibility index (Phi) is 5.07. The van der Waals surface area contributed by atoms with Crippen LogP contribution in [0.2, 0.25) is 0 Å². The van der Waals surface area contributed by atoms with Crippen molar-refractivity contribution >= 4 is 0 Å². The largest absolute Gasteiger partial charge is 0.497 e. The van der Waals surface area contributed by atoms with Gasteiger partial charge in [-0.3, -0.25) is 0 Å². The molecule has 0 spiro atoms. The van der Waals surface area contributed by atoms with Crippen LogP contribution in [0.15, 0.2) is 42.5 Å². The van der Waals surface area contributed by atoms with E-state index < -0.39 is 0 Å². The maximum Gasteiger partial charge on any atom is 0.358 e. The third kappa shape index (κ3) is 3.62. The van der Waals surface area contributed by atoms with Gasteiger partial charge in [0.15, 0.2) is 7.14 Å². The number of ether oxygens (including phenoxy) is 2. The summed E-state index contributed by atoms with van der Waals surface area (Å²) in [6, 6.07) is 14.9. The zero-order valence-corrected chi connectivity index (χ0v) is 13.6. The Bertz CT molecular complexity index is 535. The lowest BCUT2D eigenvalue weighted by Crippen LogP contribution is -3.61. The Labute approximate surface area is 125 Å². The highest BCUT2D eigenvalue weighted by Gasteiger charge is 2.17. The summed E-state index contributed by atoms with van der Waals surface area (Å²) in [5.74, 6) is 1.92. The van der Waals surface area contributed by atoms with Gasteiger partial charge in [-0.15, -0.1) is 0 Å². The highest BCUT2D eigenvalue weighted by Crippen LogP contribution is 2.17. The Morgan fingerprint density at radius 2 is 1.58 bits per heavy atom. The molecule has 0 radical (unpaired) electrons. The summed E-state index contributed by atoms with van der Waals surface area (Å²) in [7, 11) is 3.43. The molecule has 0 saturated heterocycles. The summed E-state index contributed by atoms with van der Waals surface area (Å²) in [5, 5.41) is 0. The van der Waals surface area contributed by atoms with Crippen LogP contribution in [0.4, 0.5) is 0 Å². The summed E-state index contributed by atoms with van der Waals surface area (Å²) in [6.07, 6.45) is 1.00. The molecule has 100 valence electrons. The van der Waals surface area contributed by atoms with Gasteiger partial charge in [-0.25, -0.2) is 0 Å². The highest BCUT2D eigenvalue weighted by molar-refractivity contribution is 5.32. The highest BCUT2D eigenvalue weighted by atomic mass is 127. The van der Waals surface area contributed by atoms with Gasteiger partial charge in [0.2, 0.25) is 0 Å². The molecule has 0 aromatic heterocycles. The molecule has 0 heterocycles. The maximum atomic E-state index is 5.45. The zero-order chi connectivity index (χ0) is 13.7. The Morgan fingerprint density at radius 3 is 2.16 bits per heavy atom. The van der Waals surface area contributed by atoms with Crippen molar-refractivity contribution in [1.82, 2.24) is 0 Å². The molecule has 0 aliphatic rings. The predicted octanol–water partition coefficient (Wildman–Crippen LogP) is 0.395. The minimum Gasteiger partial charge on any atom is -0.497 e. The van der Waals surface area contributed by atoms with E-state index in [1.165, 1.54) is 12.7 Å². The van der Waals surface area contributed by atoms with Gasteiger partial charge in [0.1, 0.15) is 11.5 Å². The van der Waals surface area contributed by atoms with E-state index in [-0.39, 0.29) is 21.2 Å². The molecule has 2 aromatic carbocycles. The van der Waals surface area contributed by atoms with Gasteiger partial charge < -0.3 is 9.47 Å². The van der Waals surface area contributed by atoms with Crippen molar-refractivity contribution in [2.75, 3.05) is 14.2 Å². The molecule has 0 saturated carbocycles. The smallest absolute Gasteiger partial charge is 0.358 e. The molecule has 0 N–H and O–H groups in total. The first kappa shape index (κ1) is 14.2. The Morgan fingerprint density at radius 1 is 0.895 bits per heavy atom. The molecule has 0 unspecified atom stereocenters. The first-order valence-corrected chi connectivity index (χ1v) is 8.38. The van der Waals surface area contributed by atoms with Crippen LogP contribution < -0.4 is 30.7 Å². The van der Waals surface area contributed by atoms with Crippen molar-refractivity contribution < 1.29 is 30.7 Å². The first-order chi connectivity index (χ1) is 9.26. The average Bonchev–Trinajstić information content (AvgIpc) is 2.48. The van der Waals surface area contributed by atoms with Gasteiger partial charge in [-0.2, -0.15) is 0 Å². The van der Waals surface area contributed by atoms with Gasteiger partial charge in [0.05, 0.1) is 14.2 Å². The fourth-order valence-corrected chi connectivity index (χ4v) is 4.07. The van der Waals surface area contributed by atoms with Gasteiger partial charge in [-0.1, -0.05) is 13.0 Å². The third-order valence-corrected chi connectivity index (χ3v) is 5.53. The molecule has 0 aliphatic heterocycles. The standard InChI is InChI=1S/C16H18IO2/c1-4-12-5-6-14(11-16(12)19-3)17-13-7-9-15(18-2)10-8-13/h5-11H,4H2,1-3H3/q+1. The van der Waals surface area contributed by atoms with Crippen LogP contribution >= 0.6 is 0 Å². The second kappa shape index (κ2) is 6.80. The van der Waals surface area contributed by atoms with Crippen molar-refractivity contribution in [3.05, 3.63) is 55.2 Å². The van der Waals surface area contributed by atoms with Crippen LogP contribution in [0.25, 0.3) is 0 Å². The van der Waals surface area contributed by atoms with E-state index in [4.69, 9.17) is 9.47 Å². The number of benzene rings is 2. The average molecular weight is 369 g/mol. The van der Waals surface area contributed by atoms with Gasteiger partial charge in [-0.05, 0) is 42.3 Å². The van der Waals surface area contributed by atoms with Gasteiger partial charge in [0, 0.05) is 6.07 Å². The lowest BCUT2D eigenvalue weighted by molar-refractivity contribution is -0.597. The van der Waals surface area contributed by atoms with Crippen LogP contribution in [-0.2, 0) is 6.42 Å². The first-order valence-electron chi connectivity index (χ1n) is 6.22. The summed E-state index contributed by atoms with van der Waals surface area (Å²) < 4.78 is 13.4. The minimum atomic E-state index is -0.166. The molecule has 3 heteroatoms. The Hall–Kier alpha value is -1.23. The van der Waals surface area contributed by atoms with Crippen LogP contribution in [0.1, 0.15) is 12.5 Å². The van der Waals surface area contributed by atoms with E-state index in [0.29, 0.717) is 0 Å². The van der Waals surface area contributed by atoms with Gasteiger partial charge >= 0.3 is 21.2 Å². The molecule has 2 nitrogen and oxygen atoms in total. The molecule has 2 aromatic rings. The summed E-state index contributed by atoms with van der Waals surface area (Å²) in [4.78, 5) is 0. The molecule has 2 rings (SSSR count). The molecular formula is C16H18IO2+. The van der Waals surface area contributed by atoms with E-state index in [0.717, 1.165) is 17.9 Å². The van der Waals surface area contributed by atoms with Gasteiger partial charge in [0.25, 0.3) is 0 Å². The van der Waals surface area contributed by atoms with Crippen molar-refractivity contribution in [3.8, 4) is 11.5 Å². The third-order valence-electron chi connectivity index (χ3n) is 2.90. The number of hydrogen-bond donors (Lipinski definition) is 0. The Balaban J connectivity index is 2.18. The maximum absolute atomic E-state index is 5.45. The van der Waals surface area contributed by atoms with E-state index >= 15 is 0 Å². The quantitative estimate of drug-likeness (QED) is 0.711. The molecule has 0 fully saturated rings. The number of aryl methyl sites for hydroxylation is 1. The summed E-state index contributed by atoms with van der Waals surface area (Å²) in [5.41, 5.74) is 1.27. The minimum absolute atomic E-state index is 0.166. The van der Waals surface area contributed by atoms with Crippen molar-refractivity contribution in [2.45, 2.75) is 13.3 Å². The SMILES string of the molecule is CCc1ccc([I+]c2ccc(OC)cc2)cc1OC. The summed E-state index contributed by atoms with van der Waals surface area (Å²) >= 11 is -0.166. The van der Waals surface area contributed by atoms with E-state index in [2.05, 4.69) is 37.3 Å². The van der Waals surface area contributed by atoms with Crippen LogP contribution in [0.3, 0.4) is 0 Å². The fourth-order valence-electron chi connectivity index (χ4n) is 1.83. The van der Waals surface area contributed by atoms with Crippen molar-refractivity contribution in [1.29, 1.82) is 0 Å². The van der Waals surface area contributed by atoms with Crippen LogP contribution in [-0.4, -0.2) is 14.2 Å². The molecular weight excluding hydrogens is 351 g/mol. The van der Waals surface area contributed by atoms with Crippen molar-refractivity contribution in [3.63, 3.8) is 0 Å².